The Hall–Kier alpha value is -1.71. The maximum absolute atomic E-state index is 11.6. The first kappa shape index (κ1) is 10.8. The molecule has 1 aliphatic rings. The lowest BCUT2D eigenvalue weighted by Crippen LogP contribution is -2.26. The molecule has 0 spiro atoms. The van der Waals surface area contributed by atoms with Crippen molar-refractivity contribution in [1.82, 2.24) is 9.88 Å². The number of pyridine rings is 1. The van der Waals surface area contributed by atoms with Gasteiger partial charge >= 0.3 is 0 Å². The molecule has 2 heterocycles. The summed E-state index contributed by atoms with van der Waals surface area (Å²) in [6.07, 6.45) is 3.71. The lowest BCUT2D eigenvalue weighted by molar-refractivity contribution is -0.128. The predicted molar refractivity (Wildman–Crippen MR) is 58.5 cm³/mol. The summed E-state index contributed by atoms with van der Waals surface area (Å²) in [7, 11) is 1.74. The monoisotopic (exact) mass is 218 g/mol. The van der Waals surface area contributed by atoms with Crippen molar-refractivity contribution in [3.63, 3.8) is 0 Å². The van der Waals surface area contributed by atoms with E-state index in [0.717, 1.165) is 5.56 Å². The molecule has 0 aromatic carbocycles. The van der Waals surface area contributed by atoms with Gasteiger partial charge in [-0.15, -0.1) is 0 Å². The number of nitrogens with zero attached hydrogens (tertiary/aromatic N) is 2. The summed E-state index contributed by atoms with van der Waals surface area (Å²) in [6, 6.07) is 3.57. The van der Waals surface area contributed by atoms with Gasteiger partial charge in [-0.3, -0.25) is 14.6 Å². The number of hydrogen-bond donors (Lipinski definition) is 0. The molecule has 2 atom stereocenters. The van der Waals surface area contributed by atoms with Gasteiger partial charge in [0.15, 0.2) is 0 Å². The normalized spacial score (nSPS) is 24.9. The van der Waals surface area contributed by atoms with Gasteiger partial charge in [0.25, 0.3) is 0 Å². The minimum atomic E-state index is -0.235. The van der Waals surface area contributed by atoms with Gasteiger partial charge in [-0.1, -0.05) is 6.07 Å². The SMILES string of the molecule is CC(=O)[C@H]1CC(=O)N(C)[C@@H]1c1cccnc1. The maximum atomic E-state index is 11.6. The lowest BCUT2D eigenvalue weighted by atomic mass is 9.92. The number of likely N-dealkylation sites (tertiary alicyclic amines) is 1. The molecule has 16 heavy (non-hydrogen) atoms. The van der Waals surface area contributed by atoms with Gasteiger partial charge in [-0.05, 0) is 18.6 Å². The molecule has 0 unspecified atom stereocenters. The second-order valence-corrected chi connectivity index (χ2v) is 4.16. The van der Waals surface area contributed by atoms with Crippen LogP contribution in [-0.4, -0.2) is 28.6 Å². The first-order valence-corrected chi connectivity index (χ1v) is 5.27. The molecule has 0 bridgehead atoms. The van der Waals surface area contributed by atoms with Gasteiger partial charge in [0.2, 0.25) is 5.91 Å². The summed E-state index contributed by atoms with van der Waals surface area (Å²) >= 11 is 0. The molecule has 1 amide bonds. The maximum Gasteiger partial charge on any atom is 0.223 e. The number of rotatable bonds is 2. The molecule has 0 aliphatic carbocycles. The molecule has 2 rings (SSSR count). The molecule has 1 aromatic rings. The van der Waals surface area contributed by atoms with E-state index in [-0.39, 0.29) is 23.7 Å². The van der Waals surface area contributed by atoms with Crippen LogP contribution in [-0.2, 0) is 9.59 Å². The Labute approximate surface area is 94.3 Å². The Kier molecular flexibility index (Phi) is 2.73. The Morgan fingerprint density at radius 2 is 2.31 bits per heavy atom. The molecular formula is C12H14N2O2. The van der Waals surface area contributed by atoms with E-state index in [9.17, 15) is 9.59 Å². The first-order valence-electron chi connectivity index (χ1n) is 5.27. The molecule has 1 aliphatic heterocycles. The molecule has 4 nitrogen and oxygen atoms in total. The fourth-order valence-electron chi connectivity index (χ4n) is 2.24. The molecule has 1 aromatic heterocycles. The predicted octanol–water partition coefficient (Wildman–Crippen LogP) is 1.19. The minimum absolute atomic E-state index is 0.0223. The van der Waals surface area contributed by atoms with Crippen LogP contribution in [0.4, 0.5) is 0 Å². The number of Topliss-reactive ketones (excluding diaryl/α,β-unsaturated/α-hetero) is 1. The quantitative estimate of drug-likeness (QED) is 0.749. The Morgan fingerprint density at radius 1 is 1.56 bits per heavy atom. The van der Waals surface area contributed by atoms with Gasteiger partial charge < -0.3 is 4.90 Å². The topological polar surface area (TPSA) is 50.3 Å². The molecule has 4 heteroatoms. The van der Waals surface area contributed by atoms with Crippen LogP contribution in [0.25, 0.3) is 0 Å². The molecule has 0 saturated carbocycles. The van der Waals surface area contributed by atoms with E-state index < -0.39 is 0 Å². The van der Waals surface area contributed by atoms with Crippen molar-refractivity contribution in [2.24, 2.45) is 5.92 Å². The van der Waals surface area contributed by atoms with Crippen molar-refractivity contribution >= 4 is 11.7 Å². The highest BCUT2D eigenvalue weighted by Crippen LogP contribution is 2.36. The molecule has 1 saturated heterocycles. The molecule has 1 fully saturated rings. The Balaban J connectivity index is 2.37. The van der Waals surface area contributed by atoms with Gasteiger partial charge in [0.05, 0.1) is 12.0 Å². The van der Waals surface area contributed by atoms with Gasteiger partial charge in [0.1, 0.15) is 5.78 Å². The zero-order chi connectivity index (χ0) is 11.7. The van der Waals surface area contributed by atoms with E-state index >= 15 is 0 Å². The largest absolute Gasteiger partial charge is 0.338 e. The second kappa shape index (κ2) is 4.04. The van der Waals surface area contributed by atoms with E-state index in [1.807, 2.05) is 12.1 Å². The summed E-state index contributed by atoms with van der Waals surface area (Å²) in [4.78, 5) is 28.8. The van der Waals surface area contributed by atoms with E-state index in [1.54, 1.807) is 31.3 Å². The third kappa shape index (κ3) is 1.71. The number of amides is 1. The van der Waals surface area contributed by atoms with Crippen molar-refractivity contribution in [3.8, 4) is 0 Å². The Bertz CT molecular complexity index is 416. The van der Waals surface area contributed by atoms with Crippen LogP contribution in [0, 0.1) is 5.92 Å². The fraction of sp³-hybridized carbons (Fsp3) is 0.417. The first-order chi connectivity index (χ1) is 7.61. The Morgan fingerprint density at radius 3 is 2.88 bits per heavy atom. The minimum Gasteiger partial charge on any atom is -0.338 e. The van der Waals surface area contributed by atoms with E-state index in [1.165, 1.54) is 0 Å². The standard InChI is InChI=1S/C12H14N2O2/c1-8(15)10-6-11(16)14(2)12(10)9-4-3-5-13-7-9/h3-5,7,10,12H,6H2,1-2H3/t10-,12-/m1/s1. The highest BCUT2D eigenvalue weighted by Gasteiger charge is 2.40. The molecular weight excluding hydrogens is 204 g/mol. The highest BCUT2D eigenvalue weighted by molar-refractivity contribution is 5.90. The number of aromatic nitrogens is 1. The van der Waals surface area contributed by atoms with Crippen molar-refractivity contribution in [3.05, 3.63) is 30.1 Å². The van der Waals surface area contributed by atoms with Gasteiger partial charge in [-0.25, -0.2) is 0 Å². The molecule has 84 valence electrons. The molecule has 0 N–H and O–H groups in total. The van der Waals surface area contributed by atoms with Crippen LogP contribution in [0.3, 0.4) is 0 Å². The average Bonchev–Trinajstić information content (AvgIpc) is 2.57. The average molecular weight is 218 g/mol. The van der Waals surface area contributed by atoms with Crippen LogP contribution in [0.5, 0.6) is 0 Å². The zero-order valence-electron chi connectivity index (χ0n) is 9.38. The smallest absolute Gasteiger partial charge is 0.223 e. The lowest BCUT2D eigenvalue weighted by Gasteiger charge is -2.23. The van der Waals surface area contributed by atoms with Gasteiger partial charge in [-0.2, -0.15) is 0 Å². The third-order valence-electron chi connectivity index (χ3n) is 3.13. The van der Waals surface area contributed by atoms with E-state index in [2.05, 4.69) is 4.98 Å². The summed E-state index contributed by atoms with van der Waals surface area (Å²) in [5.41, 5.74) is 0.927. The van der Waals surface area contributed by atoms with Crippen LogP contribution >= 0.6 is 0 Å². The summed E-state index contributed by atoms with van der Waals surface area (Å²) < 4.78 is 0. The highest BCUT2D eigenvalue weighted by atomic mass is 16.2. The van der Waals surface area contributed by atoms with Crippen LogP contribution in [0.1, 0.15) is 24.9 Å². The molecule has 0 radical (unpaired) electrons. The number of hydrogen-bond acceptors (Lipinski definition) is 3. The summed E-state index contributed by atoms with van der Waals surface area (Å²) in [5.74, 6) is -0.151. The number of carbonyl (C=O) groups excluding carboxylic acids is 2. The second-order valence-electron chi connectivity index (χ2n) is 4.16. The summed E-state index contributed by atoms with van der Waals surface area (Å²) in [5, 5.41) is 0. The third-order valence-corrected chi connectivity index (χ3v) is 3.13. The van der Waals surface area contributed by atoms with Crippen molar-refractivity contribution < 1.29 is 9.59 Å². The van der Waals surface area contributed by atoms with Crippen LogP contribution < -0.4 is 0 Å². The van der Waals surface area contributed by atoms with Crippen molar-refractivity contribution in [2.45, 2.75) is 19.4 Å². The van der Waals surface area contributed by atoms with Crippen molar-refractivity contribution in [1.29, 1.82) is 0 Å². The van der Waals surface area contributed by atoms with E-state index in [0.29, 0.717) is 6.42 Å². The fourth-order valence-corrected chi connectivity index (χ4v) is 2.24. The van der Waals surface area contributed by atoms with Crippen LogP contribution in [0.2, 0.25) is 0 Å². The summed E-state index contributed by atoms with van der Waals surface area (Å²) in [6.45, 7) is 1.54. The zero-order valence-corrected chi connectivity index (χ0v) is 9.38. The van der Waals surface area contributed by atoms with Gasteiger partial charge in [0, 0.05) is 25.9 Å². The number of carbonyl (C=O) groups is 2. The van der Waals surface area contributed by atoms with E-state index in [4.69, 9.17) is 0 Å². The van der Waals surface area contributed by atoms with Crippen LogP contribution in [0.15, 0.2) is 24.5 Å². The van der Waals surface area contributed by atoms with Crippen molar-refractivity contribution in [2.75, 3.05) is 7.05 Å². The number of ketones is 1.